The minimum Gasteiger partial charge on any atom is -0.484 e. The standard InChI is InChI=1S/C21H26FN5O2/c1-20(2)11-27(6-7-28-20)18-10-16(25-12-26-18)19(24)13-8-17(14(22)9-15(13)23)29-21(3)4-5-21/h8-10,12,24H,4-7,11,23H2,1-3H3. The Labute approximate surface area is 169 Å². The summed E-state index contributed by atoms with van der Waals surface area (Å²) in [6.45, 7) is 8.01. The molecule has 0 amide bonds. The lowest BCUT2D eigenvalue weighted by Gasteiger charge is -2.38. The zero-order valence-corrected chi connectivity index (χ0v) is 17.0. The van der Waals surface area contributed by atoms with Crippen LogP contribution in [0.4, 0.5) is 15.9 Å². The van der Waals surface area contributed by atoms with Gasteiger partial charge in [0.1, 0.15) is 17.7 Å². The second-order valence-corrected chi connectivity index (χ2v) is 8.59. The van der Waals surface area contributed by atoms with Crippen molar-refractivity contribution in [2.45, 2.75) is 44.8 Å². The SMILES string of the molecule is CC1(C)CN(c2cc(C(=N)c3cc(OC4(C)CC4)c(F)cc3N)ncn2)CCO1. The normalized spacial score (nSPS) is 19.7. The fourth-order valence-corrected chi connectivity index (χ4v) is 3.41. The van der Waals surface area contributed by atoms with Crippen LogP contribution in [0.25, 0.3) is 0 Å². The molecule has 0 atom stereocenters. The molecule has 1 aliphatic carbocycles. The summed E-state index contributed by atoms with van der Waals surface area (Å²) in [6, 6.07) is 4.46. The first-order chi connectivity index (χ1) is 13.7. The first-order valence-corrected chi connectivity index (χ1v) is 9.74. The number of hydrogen-bond acceptors (Lipinski definition) is 7. The van der Waals surface area contributed by atoms with E-state index in [9.17, 15) is 4.39 Å². The fourth-order valence-electron chi connectivity index (χ4n) is 3.41. The summed E-state index contributed by atoms with van der Waals surface area (Å²) in [5.74, 6) is 0.313. The lowest BCUT2D eigenvalue weighted by atomic mass is 10.0. The van der Waals surface area contributed by atoms with E-state index in [2.05, 4.69) is 14.9 Å². The van der Waals surface area contributed by atoms with Gasteiger partial charge in [0.2, 0.25) is 0 Å². The van der Waals surface area contributed by atoms with Crippen LogP contribution < -0.4 is 15.4 Å². The van der Waals surface area contributed by atoms with Crippen molar-refractivity contribution in [3.05, 3.63) is 41.6 Å². The molecule has 4 rings (SSSR count). The maximum atomic E-state index is 14.3. The molecule has 1 saturated carbocycles. The molecule has 8 heteroatoms. The van der Waals surface area contributed by atoms with E-state index in [1.807, 2.05) is 20.8 Å². The molecule has 3 N–H and O–H groups in total. The van der Waals surface area contributed by atoms with Crippen LogP contribution in [0.15, 0.2) is 24.5 Å². The monoisotopic (exact) mass is 399 g/mol. The van der Waals surface area contributed by atoms with Gasteiger partial charge in [-0.05, 0) is 39.7 Å². The van der Waals surface area contributed by atoms with Gasteiger partial charge in [-0.15, -0.1) is 0 Å². The number of halogens is 1. The number of nitrogens with two attached hydrogens (primary N) is 1. The number of nitrogens with zero attached hydrogens (tertiary/aromatic N) is 3. The van der Waals surface area contributed by atoms with Gasteiger partial charge < -0.3 is 20.1 Å². The quantitative estimate of drug-likeness (QED) is 0.592. The first kappa shape index (κ1) is 19.6. The second kappa shape index (κ2) is 6.95. The number of hydrogen-bond donors (Lipinski definition) is 2. The van der Waals surface area contributed by atoms with Crippen molar-refractivity contribution in [1.29, 1.82) is 5.41 Å². The maximum absolute atomic E-state index is 14.3. The average Bonchev–Trinajstić information content (AvgIpc) is 3.40. The fraction of sp³-hybridized carbons (Fsp3) is 0.476. The molecule has 1 aromatic heterocycles. The van der Waals surface area contributed by atoms with Crippen molar-refractivity contribution in [2.24, 2.45) is 0 Å². The van der Waals surface area contributed by atoms with Gasteiger partial charge >= 0.3 is 0 Å². The average molecular weight is 399 g/mol. The number of aromatic nitrogens is 2. The second-order valence-electron chi connectivity index (χ2n) is 8.59. The van der Waals surface area contributed by atoms with Crippen LogP contribution >= 0.6 is 0 Å². The van der Waals surface area contributed by atoms with Crippen LogP contribution in [0.5, 0.6) is 5.75 Å². The Morgan fingerprint density at radius 1 is 1.24 bits per heavy atom. The highest BCUT2D eigenvalue weighted by atomic mass is 19.1. The Morgan fingerprint density at radius 2 is 2.00 bits per heavy atom. The van der Waals surface area contributed by atoms with Gasteiger partial charge in [-0.3, -0.25) is 5.41 Å². The van der Waals surface area contributed by atoms with E-state index < -0.39 is 5.82 Å². The number of rotatable bonds is 5. The summed E-state index contributed by atoms with van der Waals surface area (Å²) < 4.78 is 25.9. The highest BCUT2D eigenvalue weighted by molar-refractivity contribution is 6.13. The van der Waals surface area contributed by atoms with Crippen LogP contribution in [-0.4, -0.2) is 46.6 Å². The Bertz CT molecular complexity index is 958. The zero-order valence-electron chi connectivity index (χ0n) is 17.0. The summed E-state index contributed by atoms with van der Waals surface area (Å²) in [6.07, 6.45) is 3.20. The van der Waals surface area contributed by atoms with Gasteiger partial charge in [0.05, 0.1) is 23.6 Å². The summed E-state index contributed by atoms with van der Waals surface area (Å²) in [5.41, 5.74) is 6.49. The van der Waals surface area contributed by atoms with Crippen molar-refractivity contribution in [2.75, 3.05) is 30.3 Å². The summed E-state index contributed by atoms with van der Waals surface area (Å²) >= 11 is 0. The molecular weight excluding hydrogens is 373 g/mol. The zero-order chi connectivity index (χ0) is 20.8. The van der Waals surface area contributed by atoms with Crippen molar-refractivity contribution >= 4 is 17.2 Å². The minimum atomic E-state index is -0.522. The molecule has 2 aromatic rings. The third-order valence-electron chi connectivity index (χ3n) is 5.34. The number of benzene rings is 1. The predicted octanol–water partition coefficient (Wildman–Crippen LogP) is 3.16. The lowest BCUT2D eigenvalue weighted by molar-refractivity contribution is -0.0279. The molecule has 2 heterocycles. The topological polar surface area (TPSA) is 97.4 Å². The van der Waals surface area contributed by atoms with Crippen molar-refractivity contribution in [3.63, 3.8) is 0 Å². The molecule has 154 valence electrons. The van der Waals surface area contributed by atoms with Crippen LogP contribution in [-0.2, 0) is 4.74 Å². The van der Waals surface area contributed by atoms with E-state index >= 15 is 0 Å². The number of nitrogen functional groups attached to an aromatic ring is 1. The van der Waals surface area contributed by atoms with Crippen LogP contribution in [0.3, 0.4) is 0 Å². The maximum Gasteiger partial charge on any atom is 0.167 e. The summed E-state index contributed by atoms with van der Waals surface area (Å²) in [4.78, 5) is 10.7. The van der Waals surface area contributed by atoms with E-state index in [-0.39, 0.29) is 28.4 Å². The van der Waals surface area contributed by atoms with Crippen LogP contribution in [0.2, 0.25) is 0 Å². The molecule has 1 saturated heterocycles. The van der Waals surface area contributed by atoms with Crippen molar-refractivity contribution in [1.82, 2.24) is 9.97 Å². The Balaban J connectivity index is 1.62. The van der Waals surface area contributed by atoms with Crippen molar-refractivity contribution < 1.29 is 13.9 Å². The predicted molar refractivity (Wildman–Crippen MR) is 109 cm³/mol. The highest BCUT2D eigenvalue weighted by Crippen LogP contribution is 2.41. The van der Waals surface area contributed by atoms with Crippen molar-refractivity contribution in [3.8, 4) is 5.75 Å². The molecule has 1 aromatic carbocycles. The van der Waals surface area contributed by atoms with E-state index in [4.69, 9.17) is 20.6 Å². The number of ether oxygens (including phenoxy) is 2. The van der Waals surface area contributed by atoms with Gasteiger partial charge in [-0.2, -0.15) is 0 Å². The third kappa shape index (κ3) is 4.17. The van der Waals surface area contributed by atoms with Crippen LogP contribution in [0.1, 0.15) is 44.9 Å². The van der Waals surface area contributed by atoms with Gasteiger partial charge in [-0.25, -0.2) is 14.4 Å². The van der Waals surface area contributed by atoms with E-state index in [0.717, 1.165) is 18.7 Å². The molecule has 29 heavy (non-hydrogen) atoms. The molecule has 2 aliphatic rings. The number of morpholine rings is 1. The number of anilines is 2. The highest BCUT2D eigenvalue weighted by Gasteiger charge is 2.40. The molecule has 0 bridgehead atoms. The van der Waals surface area contributed by atoms with E-state index in [1.165, 1.54) is 18.5 Å². The van der Waals surface area contributed by atoms with E-state index in [1.54, 1.807) is 6.07 Å². The minimum absolute atomic E-state index is 0.101. The van der Waals surface area contributed by atoms with Gasteiger partial charge in [-0.1, -0.05) is 0 Å². The molecule has 0 radical (unpaired) electrons. The summed E-state index contributed by atoms with van der Waals surface area (Å²) in [5, 5.41) is 8.62. The first-order valence-electron chi connectivity index (χ1n) is 9.74. The molecular formula is C21H26FN5O2. The molecule has 0 unspecified atom stereocenters. The molecule has 2 fully saturated rings. The summed E-state index contributed by atoms with van der Waals surface area (Å²) in [7, 11) is 0. The van der Waals surface area contributed by atoms with Gasteiger partial charge in [0, 0.05) is 36.5 Å². The molecule has 0 spiro atoms. The Hall–Kier alpha value is -2.74. The largest absolute Gasteiger partial charge is 0.484 e. The van der Waals surface area contributed by atoms with Crippen LogP contribution in [0, 0.1) is 11.2 Å². The lowest BCUT2D eigenvalue weighted by Crippen LogP contribution is -2.48. The number of nitrogens with one attached hydrogen (secondary N) is 1. The van der Waals surface area contributed by atoms with Gasteiger partial charge in [0.15, 0.2) is 11.6 Å². The van der Waals surface area contributed by atoms with E-state index in [0.29, 0.717) is 31.0 Å². The third-order valence-corrected chi connectivity index (χ3v) is 5.34. The molecule has 1 aliphatic heterocycles. The molecule has 7 nitrogen and oxygen atoms in total. The Morgan fingerprint density at radius 3 is 2.69 bits per heavy atom. The Kier molecular flexibility index (Phi) is 4.69. The van der Waals surface area contributed by atoms with Gasteiger partial charge in [0.25, 0.3) is 0 Å². The smallest absolute Gasteiger partial charge is 0.167 e.